The highest BCUT2D eigenvalue weighted by Crippen LogP contribution is 2.14. The minimum absolute atomic E-state index is 0.126. The molecule has 0 aromatic heterocycles. The summed E-state index contributed by atoms with van der Waals surface area (Å²) in [5, 5.41) is 2.89. The maximum absolute atomic E-state index is 12.8. The summed E-state index contributed by atoms with van der Waals surface area (Å²) in [5.74, 6) is -0.446. The van der Waals surface area contributed by atoms with E-state index in [1.807, 2.05) is 0 Å². The third-order valence-corrected chi connectivity index (χ3v) is 4.89. The minimum Gasteiger partial charge on any atom is -0.352 e. The topological polar surface area (TPSA) is 35.6 Å². The quantitative estimate of drug-likeness (QED) is 0.742. The largest absolute Gasteiger partial charge is 0.352 e. The monoisotopic (exact) mass is 335 g/mol. The molecular weight excluding hydrogens is 305 g/mol. The molecule has 1 aliphatic heterocycles. The van der Waals surface area contributed by atoms with Crippen LogP contribution in [0.25, 0.3) is 0 Å². The number of unbranched alkanes of at least 4 members (excludes halogenated alkanes) is 2. The number of benzene rings is 1. The smallest absolute Gasteiger partial charge is 0.251 e. The molecule has 0 atom stereocenters. The number of carbonyl (C=O) groups excluding carboxylic acids is 1. The number of nitrogens with zero attached hydrogens (tertiary/aromatic N) is 2. The number of hydrogen-bond donors (Lipinski definition) is 1. The molecular formula is C19H30FN3O. The maximum Gasteiger partial charge on any atom is 0.251 e. The molecule has 0 saturated carbocycles. The van der Waals surface area contributed by atoms with Gasteiger partial charge in [0.2, 0.25) is 0 Å². The fraction of sp³-hybridized carbons (Fsp3) is 0.632. The van der Waals surface area contributed by atoms with Gasteiger partial charge in [-0.25, -0.2) is 4.39 Å². The van der Waals surface area contributed by atoms with Crippen molar-refractivity contribution < 1.29 is 9.18 Å². The van der Waals surface area contributed by atoms with Crippen molar-refractivity contribution in [2.24, 2.45) is 0 Å². The van der Waals surface area contributed by atoms with Gasteiger partial charge in [0.1, 0.15) is 5.82 Å². The van der Waals surface area contributed by atoms with Gasteiger partial charge in [0, 0.05) is 18.2 Å². The molecule has 0 spiro atoms. The molecule has 5 heteroatoms. The van der Waals surface area contributed by atoms with Gasteiger partial charge in [-0.05, 0) is 83.7 Å². The Morgan fingerprint density at radius 3 is 2.54 bits per heavy atom. The molecule has 1 saturated heterocycles. The van der Waals surface area contributed by atoms with Gasteiger partial charge < -0.3 is 15.1 Å². The lowest BCUT2D eigenvalue weighted by atomic mass is 10.0. The predicted molar refractivity (Wildman–Crippen MR) is 95.7 cm³/mol. The number of nitrogens with one attached hydrogen (secondary N) is 1. The van der Waals surface area contributed by atoms with Crippen LogP contribution >= 0.6 is 0 Å². The first-order valence-electron chi connectivity index (χ1n) is 8.99. The molecule has 1 aromatic carbocycles. The summed E-state index contributed by atoms with van der Waals surface area (Å²) in [5.41, 5.74) is 0.512. The molecule has 4 nitrogen and oxygen atoms in total. The molecule has 0 bridgehead atoms. The third kappa shape index (κ3) is 6.21. The Bertz CT molecular complexity index is 498. The van der Waals surface area contributed by atoms with E-state index in [0.717, 1.165) is 31.8 Å². The second-order valence-corrected chi connectivity index (χ2v) is 6.84. The van der Waals surface area contributed by atoms with Gasteiger partial charge in [-0.2, -0.15) is 0 Å². The average Bonchev–Trinajstić information content (AvgIpc) is 2.58. The van der Waals surface area contributed by atoms with Gasteiger partial charge in [-0.3, -0.25) is 4.79 Å². The molecule has 0 aliphatic carbocycles. The van der Waals surface area contributed by atoms with Gasteiger partial charge >= 0.3 is 0 Å². The van der Waals surface area contributed by atoms with E-state index in [4.69, 9.17) is 0 Å². The van der Waals surface area contributed by atoms with Crippen molar-refractivity contribution in [2.75, 3.05) is 40.3 Å². The number of hydrogen-bond acceptors (Lipinski definition) is 3. The van der Waals surface area contributed by atoms with E-state index < -0.39 is 0 Å². The van der Waals surface area contributed by atoms with Gasteiger partial charge in [-0.1, -0.05) is 6.42 Å². The van der Waals surface area contributed by atoms with Crippen LogP contribution in [0, 0.1) is 5.82 Å². The maximum atomic E-state index is 12.8. The second kappa shape index (κ2) is 9.74. The highest BCUT2D eigenvalue weighted by atomic mass is 19.1. The van der Waals surface area contributed by atoms with Crippen LogP contribution in [0.5, 0.6) is 0 Å². The van der Waals surface area contributed by atoms with Gasteiger partial charge in [-0.15, -0.1) is 0 Å². The normalized spacial score (nSPS) is 16.5. The van der Waals surface area contributed by atoms with Gasteiger partial charge in [0.25, 0.3) is 5.91 Å². The Morgan fingerprint density at radius 2 is 1.88 bits per heavy atom. The van der Waals surface area contributed by atoms with E-state index in [0.29, 0.717) is 12.1 Å². The van der Waals surface area contributed by atoms with Crippen molar-refractivity contribution in [3.63, 3.8) is 0 Å². The lowest BCUT2D eigenvalue weighted by Crippen LogP contribution is -2.42. The number of piperidine rings is 1. The molecule has 2 rings (SSSR count). The average molecular weight is 335 g/mol. The Balaban J connectivity index is 1.53. The van der Waals surface area contributed by atoms with Crippen molar-refractivity contribution in [2.45, 2.75) is 38.1 Å². The summed E-state index contributed by atoms with van der Waals surface area (Å²) >= 11 is 0. The first-order chi connectivity index (χ1) is 11.6. The molecule has 134 valence electrons. The Kier molecular flexibility index (Phi) is 7.66. The molecule has 1 heterocycles. The van der Waals surface area contributed by atoms with E-state index in [1.165, 1.54) is 50.2 Å². The SMILES string of the molecule is CN1CCC(N(C)CCCCCNC(=O)c2ccc(F)cc2)CC1. The lowest BCUT2D eigenvalue weighted by molar-refractivity contribution is 0.0952. The third-order valence-electron chi connectivity index (χ3n) is 4.89. The lowest BCUT2D eigenvalue weighted by Gasteiger charge is -2.35. The van der Waals surface area contributed by atoms with Crippen LogP contribution in [0.15, 0.2) is 24.3 Å². The summed E-state index contributed by atoms with van der Waals surface area (Å²) in [6.07, 6.45) is 5.78. The molecule has 1 N–H and O–H groups in total. The van der Waals surface area contributed by atoms with Crippen molar-refractivity contribution >= 4 is 5.91 Å². The van der Waals surface area contributed by atoms with E-state index in [2.05, 4.69) is 29.2 Å². The van der Waals surface area contributed by atoms with E-state index in [1.54, 1.807) is 0 Å². The zero-order valence-electron chi connectivity index (χ0n) is 14.9. The highest BCUT2D eigenvalue weighted by molar-refractivity contribution is 5.94. The van der Waals surface area contributed by atoms with Crippen molar-refractivity contribution in [1.82, 2.24) is 15.1 Å². The summed E-state index contributed by atoms with van der Waals surface area (Å²) in [6.45, 7) is 4.20. The van der Waals surface area contributed by atoms with E-state index >= 15 is 0 Å². The Morgan fingerprint density at radius 1 is 1.21 bits per heavy atom. The molecule has 1 amide bonds. The molecule has 0 radical (unpaired) electrons. The van der Waals surface area contributed by atoms with Crippen LogP contribution in [0.4, 0.5) is 4.39 Å². The first kappa shape index (κ1) is 18.9. The molecule has 1 aliphatic rings. The van der Waals surface area contributed by atoms with Crippen LogP contribution in [-0.4, -0.2) is 62.0 Å². The number of carbonyl (C=O) groups is 1. The zero-order valence-corrected chi connectivity index (χ0v) is 14.9. The highest BCUT2D eigenvalue weighted by Gasteiger charge is 2.19. The van der Waals surface area contributed by atoms with Crippen molar-refractivity contribution in [1.29, 1.82) is 0 Å². The van der Waals surface area contributed by atoms with Crippen LogP contribution in [0.2, 0.25) is 0 Å². The predicted octanol–water partition coefficient (Wildman–Crippen LogP) is 2.75. The molecule has 24 heavy (non-hydrogen) atoms. The van der Waals surface area contributed by atoms with Crippen LogP contribution in [-0.2, 0) is 0 Å². The number of halogens is 1. The van der Waals surface area contributed by atoms with Gasteiger partial charge in [0.05, 0.1) is 0 Å². The second-order valence-electron chi connectivity index (χ2n) is 6.84. The molecule has 1 aromatic rings. The number of likely N-dealkylation sites (tertiary alicyclic amines) is 1. The fourth-order valence-corrected chi connectivity index (χ4v) is 3.19. The Labute approximate surface area is 145 Å². The molecule has 1 fully saturated rings. The summed E-state index contributed by atoms with van der Waals surface area (Å²) < 4.78 is 12.8. The first-order valence-corrected chi connectivity index (χ1v) is 8.99. The molecule has 0 unspecified atom stereocenters. The fourth-order valence-electron chi connectivity index (χ4n) is 3.19. The standard InChI is InChI=1S/C19H30FN3O/c1-22-14-10-18(11-15-22)23(2)13-5-3-4-12-21-19(24)16-6-8-17(20)9-7-16/h6-9,18H,3-5,10-15H2,1-2H3,(H,21,24). The van der Waals surface area contributed by atoms with E-state index in [-0.39, 0.29) is 11.7 Å². The summed E-state index contributed by atoms with van der Waals surface area (Å²) in [6, 6.07) is 6.38. The number of amides is 1. The summed E-state index contributed by atoms with van der Waals surface area (Å²) in [4.78, 5) is 16.8. The minimum atomic E-state index is -0.319. The number of rotatable bonds is 8. The van der Waals surface area contributed by atoms with Crippen LogP contribution in [0.1, 0.15) is 42.5 Å². The van der Waals surface area contributed by atoms with E-state index in [9.17, 15) is 9.18 Å². The van der Waals surface area contributed by atoms with Crippen LogP contribution in [0.3, 0.4) is 0 Å². The Hall–Kier alpha value is -1.46. The van der Waals surface area contributed by atoms with Crippen molar-refractivity contribution in [3.05, 3.63) is 35.6 Å². The summed E-state index contributed by atoms with van der Waals surface area (Å²) in [7, 11) is 4.42. The van der Waals surface area contributed by atoms with Gasteiger partial charge in [0.15, 0.2) is 0 Å². The van der Waals surface area contributed by atoms with Crippen LogP contribution < -0.4 is 5.32 Å². The van der Waals surface area contributed by atoms with Crippen molar-refractivity contribution in [3.8, 4) is 0 Å². The zero-order chi connectivity index (χ0) is 17.4.